The van der Waals surface area contributed by atoms with Crippen molar-refractivity contribution in [3.05, 3.63) is 42.0 Å². The van der Waals surface area contributed by atoms with Crippen LogP contribution >= 0.6 is 0 Å². The van der Waals surface area contributed by atoms with Gasteiger partial charge in [-0.1, -0.05) is 24.3 Å². The van der Waals surface area contributed by atoms with E-state index in [2.05, 4.69) is 5.32 Å². The largest absolute Gasteiger partial charge is 0.359 e. The molecule has 0 fully saturated rings. The zero-order valence-corrected chi connectivity index (χ0v) is 10.6. The van der Waals surface area contributed by atoms with Crippen molar-refractivity contribution in [3.8, 4) is 0 Å². The van der Waals surface area contributed by atoms with E-state index in [0.29, 0.717) is 13.0 Å². The molecule has 0 spiro atoms. The zero-order valence-electron chi connectivity index (χ0n) is 10.6. The summed E-state index contributed by atoms with van der Waals surface area (Å²) >= 11 is 0. The fraction of sp³-hybridized carbons (Fsp3) is 0.200. The van der Waals surface area contributed by atoms with Gasteiger partial charge in [-0.2, -0.15) is 0 Å². The average Bonchev–Trinajstić information content (AvgIpc) is 2.72. The van der Waals surface area contributed by atoms with Gasteiger partial charge in [0.25, 0.3) is 5.91 Å². The molecule has 3 rings (SSSR count). The average molecular weight is 254 g/mol. The lowest BCUT2D eigenvalue weighted by atomic mass is 10.1. The molecule has 1 aliphatic rings. The summed E-state index contributed by atoms with van der Waals surface area (Å²) in [4.78, 5) is 25.4. The van der Waals surface area contributed by atoms with Crippen LogP contribution in [0.2, 0.25) is 0 Å². The van der Waals surface area contributed by atoms with E-state index in [9.17, 15) is 9.59 Å². The van der Waals surface area contributed by atoms with Crippen LogP contribution < -0.4 is 10.2 Å². The maximum Gasteiger partial charge on any atom is 0.259 e. The normalized spacial score (nSPS) is 13.1. The second-order valence-corrected chi connectivity index (χ2v) is 4.56. The molecule has 0 atom stereocenters. The Hall–Kier alpha value is -2.36. The van der Waals surface area contributed by atoms with Crippen LogP contribution in [0.5, 0.6) is 0 Å². The van der Waals surface area contributed by atoms with Crippen LogP contribution in [0.15, 0.2) is 36.4 Å². The molecule has 2 amide bonds. The molecule has 19 heavy (non-hydrogen) atoms. The van der Waals surface area contributed by atoms with Crippen molar-refractivity contribution in [3.63, 3.8) is 0 Å². The van der Waals surface area contributed by atoms with E-state index in [-0.39, 0.29) is 11.8 Å². The maximum atomic E-state index is 12.4. The molecule has 0 radical (unpaired) electrons. The van der Waals surface area contributed by atoms with Gasteiger partial charge in [-0.05, 0) is 17.5 Å². The molecular formula is C15H14N2O2. The number of nitrogens with one attached hydrogen (secondary N) is 1. The van der Waals surface area contributed by atoms with Gasteiger partial charge in [0.15, 0.2) is 0 Å². The molecule has 2 aromatic rings. The van der Waals surface area contributed by atoms with Gasteiger partial charge in [0.05, 0.1) is 5.69 Å². The Kier molecular flexibility index (Phi) is 2.71. The number of carbonyl (C=O) groups excluding carboxylic acids is 2. The summed E-state index contributed by atoms with van der Waals surface area (Å²) in [5.41, 5.74) is 1.63. The number of nitrogens with zero attached hydrogens (tertiary/aromatic N) is 1. The zero-order chi connectivity index (χ0) is 13.4. The number of hydrogen-bond acceptors (Lipinski definition) is 2. The smallest absolute Gasteiger partial charge is 0.259 e. The van der Waals surface area contributed by atoms with E-state index in [1.807, 2.05) is 36.4 Å². The lowest BCUT2D eigenvalue weighted by Gasteiger charge is -2.16. The van der Waals surface area contributed by atoms with E-state index >= 15 is 0 Å². The Morgan fingerprint density at radius 3 is 2.68 bits per heavy atom. The van der Waals surface area contributed by atoms with E-state index in [4.69, 9.17) is 0 Å². The standard InChI is InChI=1S/C15H14N2O2/c1-16-13(18)8-9-17-12-7-3-5-10-4-2-6-11(14(10)12)15(17)19/h2-7H,8-9H2,1H3,(H,16,18). The summed E-state index contributed by atoms with van der Waals surface area (Å²) in [5.74, 6) is -0.0772. The minimum Gasteiger partial charge on any atom is -0.359 e. The molecule has 0 bridgehead atoms. The van der Waals surface area contributed by atoms with Crippen molar-refractivity contribution in [2.24, 2.45) is 0 Å². The van der Waals surface area contributed by atoms with Crippen molar-refractivity contribution in [1.29, 1.82) is 0 Å². The van der Waals surface area contributed by atoms with Crippen LogP contribution in [0.4, 0.5) is 5.69 Å². The Balaban J connectivity index is 2.01. The van der Waals surface area contributed by atoms with E-state index in [0.717, 1.165) is 22.0 Å². The van der Waals surface area contributed by atoms with Crippen LogP contribution in [-0.2, 0) is 4.79 Å². The number of amides is 2. The van der Waals surface area contributed by atoms with E-state index < -0.39 is 0 Å². The van der Waals surface area contributed by atoms with Crippen molar-refractivity contribution >= 4 is 28.3 Å². The summed E-state index contributed by atoms with van der Waals surface area (Å²) in [7, 11) is 1.60. The first kappa shape index (κ1) is 11.7. The third-order valence-electron chi connectivity index (χ3n) is 3.49. The Morgan fingerprint density at radius 1 is 1.21 bits per heavy atom. The molecular weight excluding hydrogens is 240 g/mol. The lowest BCUT2D eigenvalue weighted by molar-refractivity contribution is -0.120. The fourth-order valence-electron chi connectivity index (χ4n) is 2.54. The van der Waals surface area contributed by atoms with Gasteiger partial charge in [0, 0.05) is 31.0 Å². The van der Waals surface area contributed by atoms with Crippen molar-refractivity contribution in [2.45, 2.75) is 6.42 Å². The molecule has 1 aliphatic heterocycles. The molecule has 0 saturated heterocycles. The van der Waals surface area contributed by atoms with Gasteiger partial charge < -0.3 is 10.2 Å². The topological polar surface area (TPSA) is 49.4 Å². The minimum atomic E-state index is -0.0593. The van der Waals surface area contributed by atoms with Crippen LogP contribution in [0, 0.1) is 0 Å². The van der Waals surface area contributed by atoms with Gasteiger partial charge in [0.1, 0.15) is 0 Å². The van der Waals surface area contributed by atoms with Gasteiger partial charge >= 0.3 is 0 Å². The first-order valence-corrected chi connectivity index (χ1v) is 6.26. The third-order valence-corrected chi connectivity index (χ3v) is 3.49. The van der Waals surface area contributed by atoms with Crippen LogP contribution in [0.1, 0.15) is 16.8 Å². The second kappa shape index (κ2) is 4.39. The highest BCUT2D eigenvalue weighted by Crippen LogP contribution is 2.36. The predicted molar refractivity (Wildman–Crippen MR) is 74.3 cm³/mol. The quantitative estimate of drug-likeness (QED) is 0.910. The number of hydrogen-bond donors (Lipinski definition) is 1. The molecule has 96 valence electrons. The molecule has 4 nitrogen and oxygen atoms in total. The monoisotopic (exact) mass is 254 g/mol. The van der Waals surface area contributed by atoms with E-state index in [1.54, 1.807) is 11.9 Å². The lowest BCUT2D eigenvalue weighted by Crippen LogP contribution is -2.31. The molecule has 0 saturated carbocycles. The molecule has 2 aromatic carbocycles. The van der Waals surface area contributed by atoms with E-state index in [1.165, 1.54) is 0 Å². The Labute approximate surface area is 111 Å². The van der Waals surface area contributed by atoms with Crippen LogP contribution in [0.3, 0.4) is 0 Å². The highest BCUT2D eigenvalue weighted by Gasteiger charge is 2.29. The fourth-order valence-corrected chi connectivity index (χ4v) is 2.54. The Bertz CT molecular complexity index is 674. The van der Waals surface area contributed by atoms with Crippen LogP contribution in [-0.4, -0.2) is 25.4 Å². The van der Waals surface area contributed by atoms with Crippen molar-refractivity contribution < 1.29 is 9.59 Å². The highest BCUT2D eigenvalue weighted by atomic mass is 16.2. The predicted octanol–water partition coefficient (Wildman–Crippen LogP) is 1.94. The number of benzene rings is 2. The van der Waals surface area contributed by atoms with Gasteiger partial charge in [-0.15, -0.1) is 0 Å². The molecule has 0 unspecified atom stereocenters. The molecule has 4 heteroatoms. The summed E-state index contributed by atoms with van der Waals surface area (Å²) in [6, 6.07) is 11.6. The summed E-state index contributed by atoms with van der Waals surface area (Å²) in [6.07, 6.45) is 0.312. The molecule has 1 heterocycles. The Morgan fingerprint density at radius 2 is 1.95 bits per heavy atom. The number of anilines is 1. The molecule has 0 aromatic heterocycles. The summed E-state index contributed by atoms with van der Waals surface area (Å²) in [5, 5.41) is 4.63. The second-order valence-electron chi connectivity index (χ2n) is 4.56. The van der Waals surface area contributed by atoms with Gasteiger partial charge in [0.2, 0.25) is 5.91 Å². The van der Waals surface area contributed by atoms with Gasteiger partial charge in [-0.25, -0.2) is 0 Å². The minimum absolute atomic E-state index is 0.0179. The highest BCUT2D eigenvalue weighted by molar-refractivity contribution is 6.25. The SMILES string of the molecule is CNC(=O)CCN1C(=O)c2cccc3cccc1c23. The number of rotatable bonds is 3. The first-order valence-electron chi connectivity index (χ1n) is 6.26. The van der Waals surface area contributed by atoms with Crippen molar-refractivity contribution in [2.75, 3.05) is 18.5 Å². The first-order chi connectivity index (χ1) is 9.22. The van der Waals surface area contributed by atoms with Crippen LogP contribution in [0.25, 0.3) is 10.8 Å². The molecule has 1 N–H and O–H groups in total. The number of carbonyl (C=O) groups is 2. The maximum absolute atomic E-state index is 12.4. The summed E-state index contributed by atoms with van der Waals surface area (Å²) < 4.78 is 0. The van der Waals surface area contributed by atoms with Gasteiger partial charge in [-0.3, -0.25) is 9.59 Å². The third kappa shape index (κ3) is 1.76. The summed E-state index contributed by atoms with van der Waals surface area (Å²) in [6.45, 7) is 0.409. The van der Waals surface area contributed by atoms with Crippen molar-refractivity contribution in [1.82, 2.24) is 5.32 Å². The molecule has 0 aliphatic carbocycles.